The minimum Gasteiger partial charge on any atom is -0.462 e. The first-order valence-electron chi connectivity index (χ1n) is 6.15. The van der Waals surface area contributed by atoms with Gasteiger partial charge in [-0.05, 0) is 45.0 Å². The van der Waals surface area contributed by atoms with E-state index in [4.69, 9.17) is 9.47 Å². The van der Waals surface area contributed by atoms with Crippen molar-refractivity contribution in [2.75, 3.05) is 19.0 Å². The van der Waals surface area contributed by atoms with E-state index in [9.17, 15) is 4.79 Å². The van der Waals surface area contributed by atoms with E-state index in [-0.39, 0.29) is 18.1 Å². The molecule has 0 aliphatic heterocycles. The van der Waals surface area contributed by atoms with E-state index in [1.807, 2.05) is 26.0 Å². The normalized spacial score (nSPS) is 13.8. The minimum atomic E-state index is -0.289. The first kappa shape index (κ1) is 14.5. The molecule has 18 heavy (non-hydrogen) atoms. The van der Waals surface area contributed by atoms with Crippen LogP contribution in [0.25, 0.3) is 0 Å². The zero-order valence-corrected chi connectivity index (χ0v) is 11.4. The summed E-state index contributed by atoms with van der Waals surface area (Å²) in [4.78, 5) is 11.5. The Balaban J connectivity index is 2.63. The van der Waals surface area contributed by atoms with Gasteiger partial charge in [-0.3, -0.25) is 0 Å². The third-order valence-electron chi connectivity index (χ3n) is 2.87. The van der Waals surface area contributed by atoms with Crippen molar-refractivity contribution in [2.24, 2.45) is 0 Å². The molecule has 1 rings (SSSR count). The Morgan fingerprint density at radius 1 is 1.28 bits per heavy atom. The topological polar surface area (TPSA) is 47.6 Å². The molecule has 1 aromatic carbocycles. The summed E-state index contributed by atoms with van der Waals surface area (Å²) in [6.45, 7) is 6.24. The second-order valence-electron chi connectivity index (χ2n) is 4.17. The summed E-state index contributed by atoms with van der Waals surface area (Å²) in [6.07, 6.45) is 0.120. The number of ether oxygens (including phenoxy) is 2. The van der Waals surface area contributed by atoms with Crippen LogP contribution >= 0.6 is 0 Å². The molecule has 2 atom stereocenters. The Morgan fingerprint density at radius 3 is 2.39 bits per heavy atom. The lowest BCUT2D eigenvalue weighted by Crippen LogP contribution is -2.29. The van der Waals surface area contributed by atoms with Gasteiger partial charge < -0.3 is 14.8 Å². The molecular weight excluding hydrogens is 230 g/mol. The van der Waals surface area contributed by atoms with E-state index in [2.05, 4.69) is 5.32 Å². The van der Waals surface area contributed by atoms with Gasteiger partial charge in [0.1, 0.15) is 0 Å². The summed E-state index contributed by atoms with van der Waals surface area (Å²) in [5.41, 5.74) is 1.52. The maximum absolute atomic E-state index is 11.5. The van der Waals surface area contributed by atoms with Crippen molar-refractivity contribution in [1.29, 1.82) is 0 Å². The number of hydrogen-bond acceptors (Lipinski definition) is 4. The summed E-state index contributed by atoms with van der Waals surface area (Å²) >= 11 is 0. The van der Waals surface area contributed by atoms with Crippen molar-refractivity contribution >= 4 is 11.7 Å². The Bertz CT molecular complexity index is 375. The van der Waals surface area contributed by atoms with Crippen LogP contribution in [-0.4, -0.2) is 31.8 Å². The number of carbonyl (C=O) groups excluding carboxylic acids is 1. The molecule has 0 saturated heterocycles. The molecular formula is C14H21NO3. The minimum absolute atomic E-state index is 0.120. The number of hydrogen-bond donors (Lipinski definition) is 1. The number of rotatable bonds is 6. The van der Waals surface area contributed by atoms with Gasteiger partial charge in [0.2, 0.25) is 0 Å². The largest absolute Gasteiger partial charge is 0.462 e. The molecule has 0 radical (unpaired) electrons. The van der Waals surface area contributed by atoms with Crippen LogP contribution in [-0.2, 0) is 9.47 Å². The molecule has 0 saturated carbocycles. The predicted octanol–water partition coefficient (Wildman–Crippen LogP) is 2.70. The molecule has 0 amide bonds. The predicted molar refractivity (Wildman–Crippen MR) is 72.0 cm³/mol. The zero-order chi connectivity index (χ0) is 13.5. The van der Waals surface area contributed by atoms with Gasteiger partial charge in [-0.25, -0.2) is 4.79 Å². The summed E-state index contributed by atoms with van der Waals surface area (Å²) in [5.74, 6) is -0.289. The van der Waals surface area contributed by atoms with Gasteiger partial charge >= 0.3 is 5.97 Å². The van der Waals surface area contributed by atoms with Crippen LogP contribution in [0.3, 0.4) is 0 Å². The molecule has 0 aliphatic rings. The maximum atomic E-state index is 11.5. The Morgan fingerprint density at radius 2 is 1.89 bits per heavy atom. The summed E-state index contributed by atoms with van der Waals surface area (Å²) in [7, 11) is 1.69. The van der Waals surface area contributed by atoms with Crippen LogP contribution in [0.1, 0.15) is 31.1 Å². The molecule has 4 nitrogen and oxygen atoms in total. The summed E-state index contributed by atoms with van der Waals surface area (Å²) < 4.78 is 10.2. The molecule has 4 heteroatoms. The maximum Gasteiger partial charge on any atom is 0.338 e. The van der Waals surface area contributed by atoms with E-state index in [0.717, 1.165) is 5.69 Å². The van der Waals surface area contributed by atoms with Crippen LogP contribution in [0.4, 0.5) is 5.69 Å². The lowest BCUT2D eigenvalue weighted by Gasteiger charge is -2.21. The quantitative estimate of drug-likeness (QED) is 0.790. The molecule has 0 aliphatic carbocycles. The van der Waals surface area contributed by atoms with Crippen LogP contribution < -0.4 is 5.32 Å². The third-order valence-corrected chi connectivity index (χ3v) is 2.87. The Hall–Kier alpha value is -1.55. The average molecular weight is 251 g/mol. The van der Waals surface area contributed by atoms with Crippen molar-refractivity contribution in [1.82, 2.24) is 0 Å². The van der Waals surface area contributed by atoms with E-state index in [0.29, 0.717) is 12.2 Å². The van der Waals surface area contributed by atoms with Crippen LogP contribution in [0.15, 0.2) is 24.3 Å². The molecule has 0 fully saturated rings. The van der Waals surface area contributed by atoms with Crippen molar-refractivity contribution in [3.8, 4) is 0 Å². The molecule has 0 aromatic heterocycles. The van der Waals surface area contributed by atoms with Gasteiger partial charge in [0.05, 0.1) is 18.3 Å². The second-order valence-corrected chi connectivity index (χ2v) is 4.17. The molecule has 0 bridgehead atoms. The lowest BCUT2D eigenvalue weighted by molar-refractivity contribution is 0.0526. The van der Waals surface area contributed by atoms with Gasteiger partial charge in [-0.2, -0.15) is 0 Å². The SMILES string of the molecule is CCOC(=O)c1ccc(NC(C)C(C)OC)cc1. The monoisotopic (exact) mass is 251 g/mol. The smallest absolute Gasteiger partial charge is 0.338 e. The first-order valence-corrected chi connectivity index (χ1v) is 6.15. The van der Waals surface area contributed by atoms with Crippen molar-refractivity contribution in [3.05, 3.63) is 29.8 Å². The van der Waals surface area contributed by atoms with E-state index < -0.39 is 0 Å². The highest BCUT2D eigenvalue weighted by Gasteiger charge is 2.11. The standard InChI is InChI=1S/C14H21NO3/c1-5-18-14(16)12-6-8-13(9-7-12)15-10(2)11(3)17-4/h6-11,15H,5H2,1-4H3. The van der Waals surface area contributed by atoms with Gasteiger partial charge in [0.15, 0.2) is 0 Å². The molecule has 1 N–H and O–H groups in total. The fourth-order valence-corrected chi connectivity index (χ4v) is 1.50. The van der Waals surface area contributed by atoms with Crippen molar-refractivity contribution in [3.63, 3.8) is 0 Å². The van der Waals surface area contributed by atoms with Crippen LogP contribution in [0, 0.1) is 0 Å². The van der Waals surface area contributed by atoms with E-state index >= 15 is 0 Å². The number of methoxy groups -OCH3 is 1. The van der Waals surface area contributed by atoms with Crippen molar-refractivity contribution in [2.45, 2.75) is 32.9 Å². The summed E-state index contributed by atoms with van der Waals surface area (Å²) in [5, 5.41) is 3.31. The Kier molecular flexibility index (Phi) is 5.65. The van der Waals surface area contributed by atoms with Crippen LogP contribution in [0.5, 0.6) is 0 Å². The van der Waals surface area contributed by atoms with E-state index in [1.54, 1.807) is 26.2 Å². The molecule has 0 spiro atoms. The van der Waals surface area contributed by atoms with Gasteiger partial charge in [0, 0.05) is 18.8 Å². The first-order chi connectivity index (χ1) is 8.58. The Labute approximate surface area is 108 Å². The zero-order valence-electron chi connectivity index (χ0n) is 11.4. The van der Waals surface area contributed by atoms with Crippen LogP contribution in [0.2, 0.25) is 0 Å². The fraction of sp³-hybridized carbons (Fsp3) is 0.500. The molecule has 0 heterocycles. The second kappa shape index (κ2) is 7.01. The molecule has 2 unspecified atom stereocenters. The third kappa shape index (κ3) is 4.04. The van der Waals surface area contributed by atoms with Gasteiger partial charge in [0.25, 0.3) is 0 Å². The highest BCUT2D eigenvalue weighted by molar-refractivity contribution is 5.89. The van der Waals surface area contributed by atoms with E-state index in [1.165, 1.54) is 0 Å². The highest BCUT2D eigenvalue weighted by Crippen LogP contribution is 2.13. The highest BCUT2D eigenvalue weighted by atomic mass is 16.5. The lowest BCUT2D eigenvalue weighted by atomic mass is 10.1. The number of esters is 1. The van der Waals surface area contributed by atoms with Gasteiger partial charge in [-0.15, -0.1) is 0 Å². The molecule has 1 aromatic rings. The summed E-state index contributed by atoms with van der Waals surface area (Å²) in [6, 6.07) is 7.44. The molecule has 100 valence electrons. The number of nitrogens with one attached hydrogen (secondary N) is 1. The van der Waals surface area contributed by atoms with Gasteiger partial charge in [-0.1, -0.05) is 0 Å². The fourth-order valence-electron chi connectivity index (χ4n) is 1.50. The van der Waals surface area contributed by atoms with Crippen molar-refractivity contribution < 1.29 is 14.3 Å². The number of anilines is 1. The number of carbonyl (C=O) groups is 1. The number of benzene rings is 1. The average Bonchev–Trinajstić information content (AvgIpc) is 2.38.